The Balaban J connectivity index is 0. The van der Waals surface area contributed by atoms with Crippen LogP contribution < -0.4 is 0 Å². The van der Waals surface area contributed by atoms with Crippen LogP contribution in [0.15, 0.2) is 35.7 Å². The van der Waals surface area contributed by atoms with Crippen molar-refractivity contribution in [3.05, 3.63) is 46.0 Å². The molecule has 0 bridgehead atoms. The average Bonchev–Trinajstić information content (AvgIpc) is 2.04. The van der Waals surface area contributed by atoms with Gasteiger partial charge in [-0.3, -0.25) is 0 Å². The maximum atomic E-state index is 8.00. The zero-order valence-electron chi connectivity index (χ0n) is 9.12. The van der Waals surface area contributed by atoms with Gasteiger partial charge in [0.1, 0.15) is 6.54 Å². The number of rotatable bonds is 2. The van der Waals surface area contributed by atoms with E-state index in [0.717, 1.165) is 16.4 Å². The first-order chi connectivity index (χ1) is 6.49. The Labute approximate surface area is 104 Å². The van der Waals surface area contributed by atoms with Crippen molar-refractivity contribution in [2.24, 2.45) is 5.34 Å². The van der Waals surface area contributed by atoms with Gasteiger partial charge in [-0.05, 0) is 0 Å². The first-order valence-corrected chi connectivity index (χ1v) is 4.29. The molecular formula is C10H16N2O2Pd. The summed E-state index contributed by atoms with van der Waals surface area (Å²) >= 11 is 0. The Morgan fingerprint density at radius 1 is 1.20 bits per heavy atom. The second kappa shape index (κ2) is 8.54. The van der Waals surface area contributed by atoms with Crippen LogP contribution in [0.3, 0.4) is 0 Å². The largest absolute Gasteiger partial charge is 0.444 e. The summed E-state index contributed by atoms with van der Waals surface area (Å²) < 4.78 is 0.990. The molecule has 0 fully saturated rings. The van der Waals surface area contributed by atoms with Crippen LogP contribution in [-0.4, -0.2) is 25.6 Å². The van der Waals surface area contributed by atoms with E-state index in [-0.39, 0.29) is 20.4 Å². The van der Waals surface area contributed by atoms with Crippen LogP contribution in [-0.2, 0) is 27.0 Å². The van der Waals surface area contributed by atoms with E-state index in [1.165, 1.54) is 5.56 Å². The Kier molecular flexibility index (Phi) is 9.49. The summed E-state index contributed by atoms with van der Waals surface area (Å²) in [5, 5.41) is 9.00. The maximum absolute atomic E-state index is 8.00. The molecule has 0 aliphatic rings. The monoisotopic (exact) mass is 302 g/mol. The van der Waals surface area contributed by atoms with Crippen LogP contribution in [0.1, 0.15) is 5.56 Å². The van der Waals surface area contributed by atoms with Gasteiger partial charge in [-0.1, -0.05) is 30.3 Å². The van der Waals surface area contributed by atoms with Gasteiger partial charge in [0, 0.05) is 26.0 Å². The van der Waals surface area contributed by atoms with Crippen molar-refractivity contribution < 1.29 is 24.9 Å². The molecule has 0 saturated carbocycles. The van der Waals surface area contributed by atoms with E-state index in [4.69, 9.17) is 10.1 Å². The fourth-order valence-electron chi connectivity index (χ4n) is 1.13. The molecule has 0 saturated heterocycles. The zero-order chi connectivity index (χ0) is 11.0. The van der Waals surface area contributed by atoms with Gasteiger partial charge in [-0.2, -0.15) is 0 Å². The van der Waals surface area contributed by atoms with E-state index >= 15 is 0 Å². The number of benzene rings is 1. The molecule has 0 unspecified atom stereocenters. The zero-order valence-corrected chi connectivity index (χ0v) is 10.7. The SMILES string of the molecule is C[N+](C)(C)Cc1ccccc1.O=N[O-].[Pd]. The van der Waals surface area contributed by atoms with Gasteiger partial charge < -0.3 is 14.6 Å². The minimum absolute atomic E-state index is 0. The van der Waals surface area contributed by atoms with Gasteiger partial charge in [0.2, 0.25) is 0 Å². The second-order valence-electron chi connectivity index (χ2n) is 4.01. The standard InChI is InChI=1S/C10H16N.HNO2.Pd/c1-11(2,3)9-10-7-5-4-6-8-10;2-1-3;/h4-8H,9H2,1-3H3;(H,2,3);/q+1;;/p-1. The third-order valence-corrected chi connectivity index (χ3v) is 1.50. The van der Waals surface area contributed by atoms with Crippen molar-refractivity contribution in [3.8, 4) is 0 Å². The molecule has 15 heavy (non-hydrogen) atoms. The Hall–Kier alpha value is -0.758. The topological polar surface area (TPSA) is 52.5 Å². The van der Waals surface area contributed by atoms with E-state index in [0.29, 0.717) is 0 Å². The van der Waals surface area contributed by atoms with Gasteiger partial charge in [0.05, 0.1) is 21.1 Å². The summed E-state index contributed by atoms with van der Waals surface area (Å²) in [6.45, 7) is 1.10. The van der Waals surface area contributed by atoms with Crippen molar-refractivity contribution in [2.75, 3.05) is 21.1 Å². The molecule has 0 N–H and O–H groups in total. The minimum Gasteiger partial charge on any atom is -0.444 e. The summed E-state index contributed by atoms with van der Waals surface area (Å²) in [5.41, 5.74) is 1.40. The van der Waals surface area contributed by atoms with Crippen molar-refractivity contribution in [3.63, 3.8) is 0 Å². The predicted molar refractivity (Wildman–Crippen MR) is 57.3 cm³/mol. The first kappa shape index (κ1) is 16.7. The van der Waals surface area contributed by atoms with Crippen molar-refractivity contribution >= 4 is 0 Å². The second-order valence-corrected chi connectivity index (χ2v) is 4.01. The molecule has 1 aromatic rings. The summed E-state index contributed by atoms with van der Waals surface area (Å²) in [5.74, 6) is 0. The fourth-order valence-corrected chi connectivity index (χ4v) is 1.13. The third kappa shape index (κ3) is 11.2. The molecule has 1 rings (SSSR count). The number of hydrogen-bond donors (Lipinski definition) is 0. The fraction of sp³-hybridized carbons (Fsp3) is 0.400. The van der Waals surface area contributed by atoms with Crippen LogP contribution >= 0.6 is 0 Å². The molecule has 0 aliphatic carbocycles. The van der Waals surface area contributed by atoms with Gasteiger partial charge in [0.15, 0.2) is 0 Å². The van der Waals surface area contributed by atoms with E-state index in [1.807, 2.05) is 0 Å². The first-order valence-electron chi connectivity index (χ1n) is 4.29. The molecule has 88 valence electrons. The van der Waals surface area contributed by atoms with Gasteiger partial charge >= 0.3 is 0 Å². The quantitative estimate of drug-likeness (QED) is 0.364. The average molecular weight is 303 g/mol. The van der Waals surface area contributed by atoms with Crippen LogP contribution in [0.5, 0.6) is 0 Å². The summed E-state index contributed by atoms with van der Waals surface area (Å²) in [6, 6.07) is 10.6. The van der Waals surface area contributed by atoms with Crippen molar-refractivity contribution in [1.82, 2.24) is 0 Å². The molecular weight excluding hydrogens is 287 g/mol. The molecule has 0 spiro atoms. The molecule has 5 heteroatoms. The van der Waals surface area contributed by atoms with Crippen molar-refractivity contribution in [1.29, 1.82) is 0 Å². The summed E-state index contributed by atoms with van der Waals surface area (Å²) in [4.78, 5) is 8.00. The number of hydrogen-bond acceptors (Lipinski definition) is 3. The Morgan fingerprint density at radius 2 is 1.60 bits per heavy atom. The van der Waals surface area contributed by atoms with E-state index in [2.05, 4.69) is 51.5 Å². The molecule has 0 amide bonds. The van der Waals surface area contributed by atoms with Gasteiger partial charge in [-0.25, -0.2) is 0 Å². The molecule has 0 heterocycles. The predicted octanol–water partition coefficient (Wildman–Crippen LogP) is 2.14. The van der Waals surface area contributed by atoms with Gasteiger partial charge in [-0.15, -0.1) is 5.34 Å². The molecule has 0 radical (unpaired) electrons. The normalized spacial score (nSPS) is 9.27. The minimum atomic E-state index is 0. The Bertz CT molecular complexity index is 260. The van der Waals surface area contributed by atoms with E-state index < -0.39 is 0 Å². The number of quaternary nitrogens is 1. The third-order valence-electron chi connectivity index (χ3n) is 1.50. The summed E-state index contributed by atoms with van der Waals surface area (Å²) in [6.07, 6.45) is 0. The van der Waals surface area contributed by atoms with Crippen LogP contribution in [0.25, 0.3) is 0 Å². The van der Waals surface area contributed by atoms with E-state index in [1.54, 1.807) is 0 Å². The van der Waals surface area contributed by atoms with Crippen LogP contribution in [0.4, 0.5) is 0 Å². The van der Waals surface area contributed by atoms with Crippen molar-refractivity contribution in [2.45, 2.75) is 6.54 Å². The molecule has 0 atom stereocenters. The van der Waals surface area contributed by atoms with Crippen LogP contribution in [0.2, 0.25) is 0 Å². The molecule has 0 aliphatic heterocycles. The summed E-state index contributed by atoms with van der Waals surface area (Å²) in [7, 11) is 6.60. The molecule has 1 aromatic carbocycles. The smallest absolute Gasteiger partial charge is 0.104 e. The molecule has 0 aromatic heterocycles. The number of nitrogens with zero attached hydrogens (tertiary/aromatic N) is 2. The molecule has 4 nitrogen and oxygen atoms in total. The van der Waals surface area contributed by atoms with Crippen LogP contribution in [0, 0.1) is 10.1 Å². The van der Waals surface area contributed by atoms with E-state index in [9.17, 15) is 0 Å². The Morgan fingerprint density at radius 3 is 1.93 bits per heavy atom. The maximum Gasteiger partial charge on any atom is 0.104 e. The van der Waals surface area contributed by atoms with Gasteiger partial charge in [0.25, 0.3) is 0 Å².